The molecule has 1 heterocycles. The number of hydrogen-bond acceptors (Lipinski definition) is 5. The maximum Gasteiger partial charge on any atom is 0.241 e. The van der Waals surface area contributed by atoms with Crippen LogP contribution in [0.5, 0.6) is 0 Å². The minimum absolute atomic E-state index is 0.0298. The quantitative estimate of drug-likeness (QED) is 0.479. The topological polar surface area (TPSA) is 101 Å². The Labute approximate surface area is 208 Å². The van der Waals surface area contributed by atoms with Gasteiger partial charge in [-0.2, -0.15) is 0 Å². The van der Waals surface area contributed by atoms with Crippen molar-refractivity contribution in [3.05, 3.63) is 89.0 Å². The first-order chi connectivity index (χ1) is 16.5. The Kier molecular flexibility index (Phi) is 6.70. The summed E-state index contributed by atoms with van der Waals surface area (Å²) in [6.07, 6.45) is 0.285. The Balaban J connectivity index is 1.83. The molecule has 186 valence electrons. The van der Waals surface area contributed by atoms with Crippen LogP contribution in [0.2, 0.25) is 0 Å². The van der Waals surface area contributed by atoms with E-state index in [4.69, 9.17) is 0 Å². The van der Waals surface area contributed by atoms with Crippen LogP contribution in [0, 0.1) is 6.92 Å². The lowest BCUT2D eigenvalue weighted by Gasteiger charge is -2.40. The Morgan fingerprint density at radius 1 is 0.914 bits per heavy atom. The number of aryl methyl sites for hydroxylation is 1. The standard InChI is InChI=1S/C27H31NO5S2/c1-5-27(6-2)21-14-10-11-15-23(21)34(30,31)25-17-24(18(3)16-22(25)27)35(32,33)28-19(4)26(29)20-12-8-7-9-13-20/h7-17,19,26,28-29H,5-6H2,1-4H3. The van der Waals surface area contributed by atoms with Crippen molar-refractivity contribution in [3.63, 3.8) is 0 Å². The van der Waals surface area contributed by atoms with Crippen molar-refractivity contribution in [2.75, 3.05) is 0 Å². The van der Waals surface area contributed by atoms with E-state index < -0.39 is 37.4 Å². The number of sulfonamides is 1. The van der Waals surface area contributed by atoms with Crippen molar-refractivity contribution < 1.29 is 21.9 Å². The smallest absolute Gasteiger partial charge is 0.241 e. The van der Waals surface area contributed by atoms with Crippen LogP contribution in [-0.2, 0) is 25.3 Å². The van der Waals surface area contributed by atoms with Gasteiger partial charge in [0.05, 0.1) is 20.8 Å². The Hall–Kier alpha value is -2.52. The van der Waals surface area contributed by atoms with E-state index in [0.29, 0.717) is 29.5 Å². The van der Waals surface area contributed by atoms with E-state index in [0.717, 1.165) is 5.56 Å². The fourth-order valence-electron chi connectivity index (χ4n) is 5.24. The van der Waals surface area contributed by atoms with Crippen LogP contribution in [0.1, 0.15) is 62.0 Å². The van der Waals surface area contributed by atoms with Gasteiger partial charge < -0.3 is 5.11 Å². The highest BCUT2D eigenvalue weighted by Crippen LogP contribution is 2.50. The SMILES string of the molecule is CCC1(CC)c2ccccc2S(=O)(=O)c2cc(S(=O)(=O)NC(C)C(O)c3ccccc3)c(C)cc21. The molecule has 0 radical (unpaired) electrons. The molecule has 0 saturated heterocycles. The summed E-state index contributed by atoms with van der Waals surface area (Å²) in [6, 6.07) is 17.9. The largest absolute Gasteiger partial charge is 0.387 e. The average molecular weight is 514 g/mol. The summed E-state index contributed by atoms with van der Waals surface area (Å²) >= 11 is 0. The van der Waals surface area contributed by atoms with Crippen molar-refractivity contribution >= 4 is 19.9 Å². The molecule has 6 nitrogen and oxygen atoms in total. The molecule has 0 bridgehead atoms. The van der Waals surface area contributed by atoms with Crippen LogP contribution in [0.4, 0.5) is 0 Å². The maximum absolute atomic E-state index is 13.7. The Morgan fingerprint density at radius 3 is 2.14 bits per heavy atom. The number of sulfone groups is 1. The molecule has 1 aliphatic rings. The monoisotopic (exact) mass is 513 g/mol. The van der Waals surface area contributed by atoms with Gasteiger partial charge in [0.25, 0.3) is 0 Å². The number of hydrogen-bond donors (Lipinski definition) is 2. The van der Waals surface area contributed by atoms with E-state index in [-0.39, 0.29) is 14.7 Å². The molecule has 8 heteroatoms. The fraction of sp³-hybridized carbons (Fsp3) is 0.333. The number of aliphatic hydroxyl groups excluding tert-OH is 1. The number of fused-ring (bicyclic) bond motifs is 2. The normalized spacial score (nSPS) is 17.7. The average Bonchev–Trinajstić information content (AvgIpc) is 2.84. The van der Waals surface area contributed by atoms with Crippen LogP contribution in [0.3, 0.4) is 0 Å². The van der Waals surface area contributed by atoms with Crippen molar-refractivity contribution in [2.45, 2.75) is 72.8 Å². The van der Waals surface area contributed by atoms with Crippen molar-refractivity contribution in [2.24, 2.45) is 0 Å². The Morgan fingerprint density at radius 2 is 1.51 bits per heavy atom. The first-order valence-corrected chi connectivity index (χ1v) is 14.7. The van der Waals surface area contributed by atoms with Crippen LogP contribution in [-0.4, -0.2) is 28.0 Å². The maximum atomic E-state index is 13.7. The number of benzene rings is 3. The molecule has 0 aromatic heterocycles. The summed E-state index contributed by atoms with van der Waals surface area (Å²) in [5.41, 5.74) is 1.90. The summed E-state index contributed by atoms with van der Waals surface area (Å²) in [5.74, 6) is 0. The van der Waals surface area contributed by atoms with E-state index in [1.54, 1.807) is 56.3 Å². The van der Waals surface area contributed by atoms with Gasteiger partial charge in [-0.15, -0.1) is 0 Å². The highest BCUT2D eigenvalue weighted by Gasteiger charge is 2.45. The van der Waals surface area contributed by atoms with Gasteiger partial charge in [-0.1, -0.05) is 68.4 Å². The van der Waals surface area contributed by atoms with Gasteiger partial charge in [-0.05, 0) is 61.1 Å². The third-order valence-electron chi connectivity index (χ3n) is 7.23. The molecule has 1 aliphatic heterocycles. The highest BCUT2D eigenvalue weighted by molar-refractivity contribution is 7.92. The minimum atomic E-state index is -4.13. The van der Waals surface area contributed by atoms with Gasteiger partial charge in [-0.3, -0.25) is 0 Å². The van der Waals surface area contributed by atoms with Gasteiger partial charge in [-0.25, -0.2) is 21.6 Å². The van der Waals surface area contributed by atoms with Gasteiger partial charge in [0.2, 0.25) is 19.9 Å². The molecule has 3 aromatic carbocycles. The molecule has 0 saturated carbocycles. The number of nitrogens with one attached hydrogen (secondary N) is 1. The predicted octanol–water partition coefficient (Wildman–Crippen LogP) is 4.65. The molecule has 35 heavy (non-hydrogen) atoms. The van der Waals surface area contributed by atoms with E-state index in [9.17, 15) is 21.9 Å². The summed E-state index contributed by atoms with van der Waals surface area (Å²) < 4.78 is 56.7. The van der Waals surface area contributed by atoms with E-state index in [1.165, 1.54) is 6.07 Å². The second kappa shape index (κ2) is 9.17. The van der Waals surface area contributed by atoms with Crippen molar-refractivity contribution in [1.29, 1.82) is 0 Å². The molecule has 2 N–H and O–H groups in total. The van der Waals surface area contributed by atoms with Crippen LogP contribution in [0.15, 0.2) is 81.4 Å². The molecule has 0 spiro atoms. The third kappa shape index (κ3) is 4.12. The number of aliphatic hydroxyl groups is 1. The zero-order valence-electron chi connectivity index (χ0n) is 20.3. The van der Waals surface area contributed by atoms with E-state index in [2.05, 4.69) is 4.72 Å². The number of rotatable bonds is 7. The zero-order valence-corrected chi connectivity index (χ0v) is 21.9. The molecule has 0 fully saturated rings. The first-order valence-electron chi connectivity index (χ1n) is 11.7. The second-order valence-corrected chi connectivity index (χ2v) is 12.7. The van der Waals surface area contributed by atoms with Gasteiger partial charge >= 0.3 is 0 Å². The van der Waals surface area contributed by atoms with Gasteiger partial charge in [0.15, 0.2) is 0 Å². The first kappa shape index (κ1) is 25.6. The molecule has 0 amide bonds. The minimum Gasteiger partial charge on any atom is -0.387 e. The molecular formula is C27H31NO5S2. The van der Waals surface area contributed by atoms with E-state index in [1.807, 2.05) is 32.0 Å². The van der Waals surface area contributed by atoms with Crippen molar-refractivity contribution in [3.8, 4) is 0 Å². The lowest BCUT2D eigenvalue weighted by molar-refractivity contribution is 0.146. The summed E-state index contributed by atoms with van der Waals surface area (Å²) in [5, 5.41) is 10.7. The van der Waals surface area contributed by atoms with Crippen LogP contribution in [0.25, 0.3) is 0 Å². The summed E-state index contributed by atoms with van der Waals surface area (Å²) in [7, 11) is -8.05. The zero-order chi connectivity index (χ0) is 25.6. The van der Waals surface area contributed by atoms with Gasteiger partial charge in [0.1, 0.15) is 0 Å². The second-order valence-electron chi connectivity index (χ2n) is 9.17. The summed E-state index contributed by atoms with van der Waals surface area (Å²) in [4.78, 5) is 0.152. The lowest BCUT2D eigenvalue weighted by atomic mass is 9.70. The third-order valence-corrected chi connectivity index (χ3v) is 10.8. The molecule has 4 rings (SSSR count). The molecular weight excluding hydrogens is 482 g/mol. The predicted molar refractivity (Wildman–Crippen MR) is 136 cm³/mol. The van der Waals surface area contributed by atoms with E-state index >= 15 is 0 Å². The van der Waals surface area contributed by atoms with Crippen LogP contribution < -0.4 is 4.72 Å². The Bertz CT molecular complexity index is 1460. The summed E-state index contributed by atoms with van der Waals surface area (Å²) in [6.45, 7) is 7.30. The van der Waals surface area contributed by atoms with Gasteiger partial charge in [0, 0.05) is 11.5 Å². The molecule has 2 unspecified atom stereocenters. The molecule has 0 aliphatic carbocycles. The van der Waals surface area contributed by atoms with Crippen LogP contribution >= 0.6 is 0 Å². The highest BCUT2D eigenvalue weighted by atomic mass is 32.2. The van der Waals surface area contributed by atoms with Crippen molar-refractivity contribution in [1.82, 2.24) is 4.72 Å². The molecule has 2 atom stereocenters. The lowest BCUT2D eigenvalue weighted by Crippen LogP contribution is -2.38. The fourth-order valence-corrected chi connectivity index (χ4v) is 8.68. The molecule has 3 aromatic rings.